The van der Waals surface area contributed by atoms with Crippen LogP contribution < -0.4 is 4.74 Å². The Morgan fingerprint density at radius 3 is 2.73 bits per heavy atom. The molecule has 0 aliphatic carbocycles. The largest absolute Gasteiger partial charge is 0.497 e. The minimum absolute atomic E-state index is 0.289. The van der Waals surface area contributed by atoms with Crippen LogP contribution in [-0.2, 0) is 17.9 Å². The van der Waals surface area contributed by atoms with E-state index in [0.29, 0.717) is 19.1 Å². The summed E-state index contributed by atoms with van der Waals surface area (Å²) in [7, 11) is 1.68. The molecule has 0 radical (unpaired) electrons. The van der Waals surface area contributed by atoms with Crippen molar-refractivity contribution in [1.82, 2.24) is 4.90 Å². The molecular formula is C21H31NO4. The molecule has 1 aromatic heterocycles. The van der Waals surface area contributed by atoms with Crippen LogP contribution in [0.2, 0.25) is 0 Å². The molecule has 0 saturated carbocycles. The van der Waals surface area contributed by atoms with Crippen molar-refractivity contribution in [3.8, 4) is 5.75 Å². The average Bonchev–Trinajstić information content (AvgIpc) is 3.13. The Morgan fingerprint density at radius 1 is 1.19 bits per heavy atom. The van der Waals surface area contributed by atoms with Crippen LogP contribution in [0.4, 0.5) is 0 Å². The topological polar surface area (TPSA) is 55.1 Å². The van der Waals surface area contributed by atoms with Gasteiger partial charge in [0.2, 0.25) is 0 Å². The molecule has 26 heavy (non-hydrogen) atoms. The molecule has 0 saturated heterocycles. The monoisotopic (exact) mass is 361 g/mol. The third kappa shape index (κ3) is 7.60. The number of methoxy groups -OCH3 is 1. The van der Waals surface area contributed by atoms with Crippen molar-refractivity contribution in [2.75, 3.05) is 26.8 Å². The SMILES string of the molecule is COc1cccc(CN(CCC(C)C)C[C@@H](O)COCc2ccco2)c1. The standard InChI is InChI=1S/C21H31NO4/c1-17(2)9-10-22(13-18-6-4-7-20(12-18)24-3)14-19(23)15-25-16-21-8-5-11-26-21/h4-8,11-12,17,19,23H,9-10,13-16H2,1-3H3/t19-/m1/s1. The Morgan fingerprint density at radius 2 is 2.04 bits per heavy atom. The fourth-order valence-corrected chi connectivity index (χ4v) is 2.75. The molecule has 1 atom stereocenters. The van der Waals surface area contributed by atoms with Crippen molar-refractivity contribution in [2.24, 2.45) is 5.92 Å². The van der Waals surface area contributed by atoms with Gasteiger partial charge in [0.05, 0.1) is 26.1 Å². The molecule has 0 aliphatic rings. The summed E-state index contributed by atoms with van der Waals surface area (Å²) < 4.78 is 16.1. The van der Waals surface area contributed by atoms with E-state index in [2.05, 4.69) is 24.8 Å². The molecule has 2 aromatic rings. The zero-order valence-electron chi connectivity index (χ0n) is 16.1. The number of aliphatic hydroxyl groups excluding tert-OH is 1. The van der Waals surface area contributed by atoms with Crippen LogP contribution in [0.5, 0.6) is 5.75 Å². The van der Waals surface area contributed by atoms with Crippen LogP contribution in [0.3, 0.4) is 0 Å². The fraction of sp³-hybridized carbons (Fsp3) is 0.524. The molecule has 0 bridgehead atoms. The second-order valence-corrected chi connectivity index (χ2v) is 7.02. The molecule has 0 spiro atoms. The molecule has 5 heteroatoms. The quantitative estimate of drug-likeness (QED) is 0.624. The first kappa shape index (κ1) is 20.5. The highest BCUT2D eigenvalue weighted by molar-refractivity contribution is 5.28. The van der Waals surface area contributed by atoms with Gasteiger partial charge in [-0.1, -0.05) is 26.0 Å². The second kappa shape index (κ2) is 11.0. The highest BCUT2D eigenvalue weighted by atomic mass is 16.5. The summed E-state index contributed by atoms with van der Waals surface area (Å²) in [5.74, 6) is 2.24. The molecule has 144 valence electrons. The van der Waals surface area contributed by atoms with Gasteiger partial charge in [0.25, 0.3) is 0 Å². The number of benzene rings is 1. The maximum absolute atomic E-state index is 10.4. The molecule has 0 fully saturated rings. The predicted molar refractivity (Wildman–Crippen MR) is 102 cm³/mol. The highest BCUT2D eigenvalue weighted by Gasteiger charge is 2.14. The minimum atomic E-state index is -0.539. The van der Waals surface area contributed by atoms with Gasteiger partial charge in [0, 0.05) is 13.1 Å². The fourth-order valence-electron chi connectivity index (χ4n) is 2.75. The lowest BCUT2D eigenvalue weighted by molar-refractivity contribution is 0.00325. The lowest BCUT2D eigenvalue weighted by atomic mass is 10.1. The number of hydrogen-bond acceptors (Lipinski definition) is 5. The third-order valence-electron chi connectivity index (χ3n) is 4.17. The first-order valence-electron chi connectivity index (χ1n) is 9.20. The summed E-state index contributed by atoms with van der Waals surface area (Å²) in [6, 6.07) is 11.8. The predicted octanol–water partition coefficient (Wildman–Crippen LogP) is 3.71. The first-order valence-corrected chi connectivity index (χ1v) is 9.20. The number of ether oxygens (including phenoxy) is 2. The maximum atomic E-state index is 10.4. The molecule has 1 N–H and O–H groups in total. The van der Waals surface area contributed by atoms with Crippen molar-refractivity contribution in [3.05, 3.63) is 54.0 Å². The van der Waals surface area contributed by atoms with Gasteiger partial charge in [-0.05, 0) is 48.7 Å². The van der Waals surface area contributed by atoms with Gasteiger partial charge in [0.15, 0.2) is 0 Å². The van der Waals surface area contributed by atoms with Crippen LogP contribution in [0.25, 0.3) is 0 Å². The van der Waals surface area contributed by atoms with Crippen molar-refractivity contribution in [1.29, 1.82) is 0 Å². The van der Waals surface area contributed by atoms with Crippen LogP contribution in [0.15, 0.2) is 47.1 Å². The molecular weight excluding hydrogens is 330 g/mol. The summed E-state index contributed by atoms with van der Waals surface area (Å²) in [5.41, 5.74) is 1.18. The summed E-state index contributed by atoms with van der Waals surface area (Å²) >= 11 is 0. The maximum Gasteiger partial charge on any atom is 0.129 e. The number of aliphatic hydroxyl groups is 1. The molecule has 2 rings (SSSR count). The van der Waals surface area contributed by atoms with E-state index in [1.54, 1.807) is 13.4 Å². The van der Waals surface area contributed by atoms with Gasteiger partial charge in [-0.2, -0.15) is 0 Å². The zero-order valence-corrected chi connectivity index (χ0v) is 16.1. The second-order valence-electron chi connectivity index (χ2n) is 7.02. The van der Waals surface area contributed by atoms with Gasteiger partial charge in [-0.25, -0.2) is 0 Å². The van der Waals surface area contributed by atoms with E-state index in [4.69, 9.17) is 13.9 Å². The molecule has 0 aliphatic heterocycles. The third-order valence-corrected chi connectivity index (χ3v) is 4.17. The van der Waals surface area contributed by atoms with Crippen LogP contribution in [-0.4, -0.2) is 42.9 Å². The summed E-state index contributed by atoms with van der Waals surface area (Å²) in [4.78, 5) is 2.27. The van der Waals surface area contributed by atoms with Crippen LogP contribution in [0.1, 0.15) is 31.6 Å². The molecule has 1 heterocycles. The number of hydrogen-bond donors (Lipinski definition) is 1. The van der Waals surface area contributed by atoms with E-state index in [1.165, 1.54) is 5.56 Å². The van der Waals surface area contributed by atoms with E-state index in [1.807, 2.05) is 30.3 Å². The van der Waals surface area contributed by atoms with Crippen molar-refractivity contribution < 1.29 is 19.0 Å². The molecule has 0 unspecified atom stereocenters. The van der Waals surface area contributed by atoms with E-state index >= 15 is 0 Å². The number of nitrogens with zero attached hydrogens (tertiary/aromatic N) is 1. The molecule has 1 aromatic carbocycles. The van der Waals surface area contributed by atoms with Crippen molar-refractivity contribution in [2.45, 2.75) is 39.5 Å². The summed E-state index contributed by atoms with van der Waals surface area (Å²) in [6.07, 6.45) is 2.17. The van der Waals surface area contributed by atoms with Gasteiger partial charge < -0.3 is 19.0 Å². The summed E-state index contributed by atoms with van der Waals surface area (Å²) in [5, 5.41) is 10.4. The smallest absolute Gasteiger partial charge is 0.129 e. The van der Waals surface area contributed by atoms with Gasteiger partial charge in [-0.15, -0.1) is 0 Å². The van der Waals surface area contributed by atoms with E-state index in [-0.39, 0.29) is 6.61 Å². The lowest BCUT2D eigenvalue weighted by Crippen LogP contribution is -2.35. The summed E-state index contributed by atoms with van der Waals surface area (Å²) in [6.45, 7) is 7.38. The molecule has 5 nitrogen and oxygen atoms in total. The van der Waals surface area contributed by atoms with Gasteiger partial charge in [0.1, 0.15) is 18.1 Å². The Balaban J connectivity index is 1.85. The van der Waals surface area contributed by atoms with Gasteiger partial charge in [-0.3, -0.25) is 4.90 Å². The Hall–Kier alpha value is -1.82. The highest BCUT2D eigenvalue weighted by Crippen LogP contribution is 2.15. The minimum Gasteiger partial charge on any atom is -0.497 e. The Bertz CT molecular complexity index is 612. The van der Waals surface area contributed by atoms with Crippen LogP contribution in [0, 0.1) is 5.92 Å². The zero-order chi connectivity index (χ0) is 18.8. The van der Waals surface area contributed by atoms with E-state index in [0.717, 1.165) is 31.0 Å². The lowest BCUT2D eigenvalue weighted by Gasteiger charge is -2.26. The molecule has 0 amide bonds. The van der Waals surface area contributed by atoms with E-state index < -0.39 is 6.10 Å². The van der Waals surface area contributed by atoms with Gasteiger partial charge >= 0.3 is 0 Å². The first-order chi connectivity index (χ1) is 12.6. The number of furan rings is 1. The van der Waals surface area contributed by atoms with Crippen molar-refractivity contribution in [3.63, 3.8) is 0 Å². The van der Waals surface area contributed by atoms with Crippen molar-refractivity contribution >= 4 is 0 Å². The Labute approximate surface area is 156 Å². The average molecular weight is 361 g/mol. The van der Waals surface area contributed by atoms with E-state index in [9.17, 15) is 5.11 Å². The number of rotatable bonds is 12. The van der Waals surface area contributed by atoms with Crippen LogP contribution >= 0.6 is 0 Å². The Kier molecular flexibility index (Phi) is 8.68. The normalized spacial score (nSPS) is 12.7.